The van der Waals surface area contributed by atoms with Crippen LogP contribution in [0, 0.1) is 10.1 Å². The molecule has 0 fully saturated rings. The van der Waals surface area contributed by atoms with E-state index in [1.807, 2.05) is 91.9 Å². The van der Waals surface area contributed by atoms with Crippen molar-refractivity contribution in [2.75, 3.05) is 10.6 Å². The van der Waals surface area contributed by atoms with Crippen LogP contribution >= 0.6 is 0 Å². The molecule has 0 spiro atoms. The zero-order valence-corrected chi connectivity index (χ0v) is 17.6. The molecule has 0 aliphatic carbocycles. The molecular weight excluding hydrogens is 402 g/mol. The first-order valence-corrected chi connectivity index (χ1v) is 10.4. The Balaban J connectivity index is 1.76. The summed E-state index contributed by atoms with van der Waals surface area (Å²) in [6, 6.07) is 26.9. The number of hydrogen-bond acceptors (Lipinski definition) is 6. The van der Waals surface area contributed by atoms with Gasteiger partial charge in [0.15, 0.2) is 0 Å². The van der Waals surface area contributed by atoms with E-state index in [1.165, 1.54) is 6.33 Å². The highest BCUT2D eigenvalue weighted by molar-refractivity contribution is 5.75. The molecule has 0 saturated carbocycles. The summed E-state index contributed by atoms with van der Waals surface area (Å²) in [6.07, 6.45) is 2.12. The number of hydrogen-bond donors (Lipinski definition) is 2. The SMILES string of the molecule is CCc1ccccc1Nc1ncnc(NC(c2ccccc2)c2ccccc2)c1[N+](=O)[O-]. The van der Waals surface area contributed by atoms with E-state index in [0.717, 1.165) is 28.8 Å². The molecule has 0 amide bonds. The standard InChI is InChI=1S/C25H23N5O2/c1-2-18-11-9-10-16-21(18)28-24-23(30(31)32)25(27-17-26-24)29-22(19-12-5-3-6-13-19)20-14-7-4-8-15-20/h3-17,22H,2H2,1H3,(H2,26,27,28,29). The molecule has 160 valence electrons. The van der Waals surface area contributed by atoms with Gasteiger partial charge < -0.3 is 10.6 Å². The normalized spacial score (nSPS) is 10.7. The number of para-hydroxylation sites is 1. The van der Waals surface area contributed by atoms with Gasteiger partial charge in [-0.3, -0.25) is 10.1 Å². The lowest BCUT2D eigenvalue weighted by molar-refractivity contribution is -0.383. The lowest BCUT2D eigenvalue weighted by atomic mass is 9.99. The minimum absolute atomic E-state index is 0.147. The molecule has 0 aliphatic rings. The van der Waals surface area contributed by atoms with Gasteiger partial charge in [-0.25, -0.2) is 9.97 Å². The zero-order valence-electron chi connectivity index (χ0n) is 17.6. The number of aryl methyl sites for hydroxylation is 1. The van der Waals surface area contributed by atoms with Gasteiger partial charge in [-0.2, -0.15) is 0 Å². The minimum atomic E-state index is -0.452. The highest BCUT2D eigenvalue weighted by Gasteiger charge is 2.26. The highest BCUT2D eigenvalue weighted by atomic mass is 16.6. The molecule has 4 aromatic rings. The van der Waals surface area contributed by atoms with E-state index in [2.05, 4.69) is 20.6 Å². The quantitative estimate of drug-likeness (QED) is 0.270. The first kappa shape index (κ1) is 21.0. The van der Waals surface area contributed by atoms with E-state index in [0.29, 0.717) is 0 Å². The van der Waals surface area contributed by atoms with Crippen LogP contribution in [0.1, 0.15) is 29.7 Å². The van der Waals surface area contributed by atoms with Crippen molar-refractivity contribution in [3.8, 4) is 0 Å². The number of benzene rings is 3. The van der Waals surface area contributed by atoms with E-state index in [-0.39, 0.29) is 23.4 Å². The largest absolute Gasteiger partial charge is 0.353 e. The Kier molecular flexibility index (Phi) is 6.36. The van der Waals surface area contributed by atoms with Gasteiger partial charge in [0, 0.05) is 5.69 Å². The van der Waals surface area contributed by atoms with Crippen LogP contribution in [0.25, 0.3) is 0 Å². The van der Waals surface area contributed by atoms with Gasteiger partial charge in [0.2, 0.25) is 11.6 Å². The average molecular weight is 425 g/mol. The fourth-order valence-electron chi connectivity index (χ4n) is 3.61. The molecule has 7 heteroatoms. The second kappa shape index (κ2) is 9.70. The Morgan fingerprint density at radius 2 is 1.41 bits per heavy atom. The molecule has 3 aromatic carbocycles. The summed E-state index contributed by atoms with van der Waals surface area (Å²) in [5, 5.41) is 18.5. The summed E-state index contributed by atoms with van der Waals surface area (Å²) < 4.78 is 0. The first-order valence-electron chi connectivity index (χ1n) is 10.4. The molecule has 0 radical (unpaired) electrons. The topological polar surface area (TPSA) is 93.0 Å². The van der Waals surface area contributed by atoms with E-state index < -0.39 is 4.92 Å². The van der Waals surface area contributed by atoms with Gasteiger partial charge in [-0.05, 0) is 29.2 Å². The van der Waals surface area contributed by atoms with E-state index in [4.69, 9.17) is 0 Å². The first-order chi connectivity index (χ1) is 15.7. The Hall–Kier alpha value is -4.26. The molecule has 0 aliphatic heterocycles. The smallest absolute Gasteiger partial charge is 0.353 e. The van der Waals surface area contributed by atoms with Crippen molar-refractivity contribution in [1.82, 2.24) is 9.97 Å². The molecule has 0 bridgehead atoms. The second-order valence-electron chi connectivity index (χ2n) is 7.21. The molecule has 4 rings (SSSR count). The van der Waals surface area contributed by atoms with E-state index in [1.54, 1.807) is 0 Å². The Labute approximate surface area is 186 Å². The number of nitrogens with one attached hydrogen (secondary N) is 2. The predicted molar refractivity (Wildman–Crippen MR) is 126 cm³/mol. The van der Waals surface area contributed by atoms with Crippen LogP contribution in [0.15, 0.2) is 91.3 Å². The summed E-state index contributed by atoms with van der Waals surface area (Å²) in [7, 11) is 0. The highest BCUT2D eigenvalue weighted by Crippen LogP contribution is 2.35. The van der Waals surface area contributed by atoms with Crippen molar-refractivity contribution in [3.63, 3.8) is 0 Å². The molecule has 7 nitrogen and oxygen atoms in total. The van der Waals surface area contributed by atoms with Gasteiger partial charge >= 0.3 is 5.69 Å². The summed E-state index contributed by atoms with van der Waals surface area (Å²) >= 11 is 0. The second-order valence-corrected chi connectivity index (χ2v) is 7.21. The number of nitro groups is 1. The molecule has 2 N–H and O–H groups in total. The summed E-state index contributed by atoms with van der Waals surface area (Å²) in [4.78, 5) is 20.0. The molecule has 1 heterocycles. The van der Waals surface area contributed by atoms with Crippen molar-refractivity contribution < 1.29 is 4.92 Å². The van der Waals surface area contributed by atoms with Crippen molar-refractivity contribution in [2.24, 2.45) is 0 Å². The maximum atomic E-state index is 12.1. The van der Waals surface area contributed by atoms with Crippen molar-refractivity contribution >= 4 is 23.0 Å². The van der Waals surface area contributed by atoms with E-state index >= 15 is 0 Å². The molecular formula is C25H23N5O2. The van der Waals surface area contributed by atoms with Crippen LogP contribution in [0.3, 0.4) is 0 Å². The maximum Gasteiger partial charge on any atom is 0.353 e. The number of anilines is 3. The van der Waals surface area contributed by atoms with Crippen LogP contribution < -0.4 is 10.6 Å². The molecule has 1 aromatic heterocycles. The van der Waals surface area contributed by atoms with Gasteiger partial charge in [0.1, 0.15) is 6.33 Å². The lowest BCUT2D eigenvalue weighted by Gasteiger charge is -2.21. The average Bonchev–Trinajstić information content (AvgIpc) is 2.84. The molecule has 32 heavy (non-hydrogen) atoms. The third kappa shape index (κ3) is 4.57. The van der Waals surface area contributed by atoms with E-state index in [9.17, 15) is 10.1 Å². The number of aromatic nitrogens is 2. The Bertz CT molecular complexity index is 1160. The van der Waals surface area contributed by atoms with Crippen LogP contribution in [-0.2, 0) is 6.42 Å². The summed E-state index contributed by atoms with van der Waals surface area (Å²) in [6.45, 7) is 2.03. The molecule has 0 atom stereocenters. The van der Waals surface area contributed by atoms with Gasteiger partial charge in [0.25, 0.3) is 0 Å². The third-order valence-electron chi connectivity index (χ3n) is 5.20. The minimum Gasteiger partial charge on any atom is -0.353 e. The fraction of sp³-hybridized carbons (Fsp3) is 0.120. The van der Waals surface area contributed by atoms with Crippen LogP contribution in [0.4, 0.5) is 23.0 Å². The fourth-order valence-corrected chi connectivity index (χ4v) is 3.61. The maximum absolute atomic E-state index is 12.1. The summed E-state index contributed by atoms with van der Waals surface area (Å²) in [5.41, 5.74) is 3.57. The van der Waals surface area contributed by atoms with Crippen molar-refractivity contribution in [3.05, 3.63) is 118 Å². The van der Waals surface area contributed by atoms with Gasteiger partial charge in [0.05, 0.1) is 11.0 Å². The Morgan fingerprint density at radius 3 is 2.00 bits per heavy atom. The predicted octanol–water partition coefficient (Wildman–Crippen LogP) is 5.89. The lowest BCUT2D eigenvalue weighted by Crippen LogP contribution is -2.15. The van der Waals surface area contributed by atoms with Gasteiger partial charge in [-0.1, -0.05) is 85.8 Å². The monoisotopic (exact) mass is 425 g/mol. The molecule has 0 saturated heterocycles. The summed E-state index contributed by atoms with van der Waals surface area (Å²) in [5.74, 6) is 0.299. The molecule has 0 unspecified atom stereocenters. The third-order valence-corrected chi connectivity index (χ3v) is 5.20. The van der Waals surface area contributed by atoms with Crippen LogP contribution in [-0.4, -0.2) is 14.9 Å². The van der Waals surface area contributed by atoms with Gasteiger partial charge in [-0.15, -0.1) is 0 Å². The van der Waals surface area contributed by atoms with Crippen molar-refractivity contribution in [1.29, 1.82) is 0 Å². The van der Waals surface area contributed by atoms with Crippen LogP contribution in [0.2, 0.25) is 0 Å². The number of nitrogens with zero attached hydrogens (tertiary/aromatic N) is 3. The van der Waals surface area contributed by atoms with Crippen LogP contribution in [0.5, 0.6) is 0 Å². The number of rotatable bonds is 8. The zero-order chi connectivity index (χ0) is 22.3. The van der Waals surface area contributed by atoms with Crippen molar-refractivity contribution in [2.45, 2.75) is 19.4 Å². The Morgan fingerprint density at radius 1 is 0.844 bits per heavy atom.